The molecule has 1 aliphatic heterocycles. The number of nitrogens with one attached hydrogen (secondary N) is 3. The SMILES string of the molecule is COc1cc(N2CCOCC2)c(-c2cnn(C)c2)cc1Nc1nc(=O)c(Cl)cn1Nc1ccccc1NS(C)(=O)=O. The van der Waals surface area contributed by atoms with Gasteiger partial charge in [0.1, 0.15) is 10.8 Å². The summed E-state index contributed by atoms with van der Waals surface area (Å²) in [7, 11) is -0.156. The first kappa shape index (κ1) is 28.3. The summed E-state index contributed by atoms with van der Waals surface area (Å²) in [4.78, 5) is 18.9. The fraction of sp³-hybridized carbons (Fsp3) is 0.269. The summed E-state index contributed by atoms with van der Waals surface area (Å²) in [6.07, 6.45) is 6.10. The summed E-state index contributed by atoms with van der Waals surface area (Å²) in [5, 5.41) is 7.40. The second-order valence-corrected chi connectivity index (χ2v) is 11.5. The van der Waals surface area contributed by atoms with Gasteiger partial charge in [-0.15, -0.1) is 0 Å². The molecule has 1 saturated heterocycles. The number of anilines is 5. The Morgan fingerprint density at radius 2 is 1.80 bits per heavy atom. The molecule has 1 aliphatic rings. The lowest BCUT2D eigenvalue weighted by atomic mass is 10.0. The molecule has 0 spiro atoms. The van der Waals surface area contributed by atoms with E-state index in [1.165, 1.54) is 10.9 Å². The van der Waals surface area contributed by atoms with Crippen LogP contribution in [0.4, 0.5) is 28.7 Å². The van der Waals surface area contributed by atoms with Gasteiger partial charge in [0.15, 0.2) is 0 Å². The number of aryl methyl sites for hydroxylation is 1. The van der Waals surface area contributed by atoms with Crippen LogP contribution in [0.15, 0.2) is 59.8 Å². The van der Waals surface area contributed by atoms with Gasteiger partial charge in [-0.1, -0.05) is 23.7 Å². The molecule has 13 nitrogen and oxygen atoms in total. The molecule has 0 saturated carbocycles. The molecule has 15 heteroatoms. The fourth-order valence-electron chi connectivity index (χ4n) is 4.42. The first-order chi connectivity index (χ1) is 19.6. The van der Waals surface area contributed by atoms with Crippen LogP contribution in [0.1, 0.15) is 0 Å². The van der Waals surface area contributed by atoms with Gasteiger partial charge in [-0.2, -0.15) is 10.1 Å². The highest BCUT2D eigenvalue weighted by Crippen LogP contribution is 2.40. The van der Waals surface area contributed by atoms with Crippen LogP contribution in [-0.2, 0) is 21.8 Å². The van der Waals surface area contributed by atoms with Crippen molar-refractivity contribution in [3.8, 4) is 16.9 Å². The van der Waals surface area contributed by atoms with Crippen molar-refractivity contribution in [3.05, 3.63) is 70.4 Å². The molecule has 0 bridgehead atoms. The van der Waals surface area contributed by atoms with Crippen LogP contribution >= 0.6 is 11.6 Å². The van der Waals surface area contributed by atoms with E-state index in [1.54, 1.807) is 42.3 Å². The average molecular weight is 601 g/mol. The number of nitrogens with zero attached hydrogens (tertiary/aromatic N) is 5. The molecule has 2 aromatic carbocycles. The number of halogens is 1. The molecule has 0 radical (unpaired) electrons. The molecule has 216 valence electrons. The molecule has 4 aromatic rings. The fourth-order valence-corrected chi connectivity index (χ4v) is 5.14. The minimum atomic E-state index is -3.56. The van der Waals surface area contributed by atoms with Crippen molar-refractivity contribution in [2.24, 2.45) is 7.05 Å². The monoisotopic (exact) mass is 600 g/mol. The van der Waals surface area contributed by atoms with E-state index in [1.807, 2.05) is 25.4 Å². The van der Waals surface area contributed by atoms with E-state index in [4.69, 9.17) is 21.1 Å². The maximum atomic E-state index is 12.5. The third-order valence-corrected chi connectivity index (χ3v) is 7.13. The number of rotatable bonds is 9. The molecular weight excluding hydrogens is 572 g/mol. The summed E-state index contributed by atoms with van der Waals surface area (Å²) in [5.41, 5.74) is 6.36. The zero-order chi connectivity index (χ0) is 29.1. The maximum absolute atomic E-state index is 12.5. The lowest BCUT2D eigenvalue weighted by Crippen LogP contribution is -2.36. The predicted molar refractivity (Wildman–Crippen MR) is 159 cm³/mol. The van der Waals surface area contributed by atoms with Crippen molar-refractivity contribution in [2.45, 2.75) is 0 Å². The highest BCUT2D eigenvalue weighted by atomic mass is 35.5. The van der Waals surface area contributed by atoms with Crippen LogP contribution in [0.2, 0.25) is 5.02 Å². The van der Waals surface area contributed by atoms with Gasteiger partial charge in [0.2, 0.25) is 16.0 Å². The lowest BCUT2D eigenvalue weighted by molar-refractivity contribution is 0.122. The van der Waals surface area contributed by atoms with Crippen LogP contribution in [0.25, 0.3) is 11.1 Å². The second-order valence-electron chi connectivity index (χ2n) is 9.32. The van der Waals surface area contributed by atoms with Crippen molar-refractivity contribution < 1.29 is 17.9 Å². The molecule has 0 aliphatic carbocycles. The van der Waals surface area contributed by atoms with Gasteiger partial charge in [0.05, 0.1) is 56.0 Å². The number of hydrogen-bond acceptors (Lipinski definition) is 10. The topological polar surface area (TPSA) is 145 Å². The number of morpholine rings is 1. The van der Waals surface area contributed by atoms with Crippen molar-refractivity contribution in [3.63, 3.8) is 0 Å². The van der Waals surface area contributed by atoms with Gasteiger partial charge < -0.3 is 19.7 Å². The smallest absolute Gasteiger partial charge is 0.293 e. The molecule has 3 N–H and O–H groups in total. The summed E-state index contributed by atoms with van der Waals surface area (Å²) >= 11 is 6.15. The van der Waals surface area contributed by atoms with Gasteiger partial charge in [-0.3, -0.25) is 19.6 Å². The van der Waals surface area contributed by atoms with Crippen LogP contribution in [0, 0.1) is 0 Å². The van der Waals surface area contributed by atoms with E-state index in [0.29, 0.717) is 49.1 Å². The number of hydrogen-bond donors (Lipinski definition) is 3. The van der Waals surface area contributed by atoms with Gasteiger partial charge in [0.25, 0.3) is 5.56 Å². The quantitative estimate of drug-likeness (QED) is 0.262. The number of benzene rings is 2. The Hall–Kier alpha value is -4.27. The highest BCUT2D eigenvalue weighted by molar-refractivity contribution is 7.92. The van der Waals surface area contributed by atoms with E-state index >= 15 is 0 Å². The molecule has 2 aromatic heterocycles. The highest BCUT2D eigenvalue weighted by Gasteiger charge is 2.21. The number of aromatic nitrogens is 4. The number of ether oxygens (including phenoxy) is 2. The van der Waals surface area contributed by atoms with E-state index < -0.39 is 15.6 Å². The number of methoxy groups -OCH3 is 1. The van der Waals surface area contributed by atoms with E-state index in [-0.39, 0.29) is 11.0 Å². The molecule has 5 rings (SSSR count). The first-order valence-electron chi connectivity index (χ1n) is 12.5. The molecule has 3 heterocycles. The molecule has 0 atom stereocenters. The Morgan fingerprint density at radius 1 is 1.07 bits per heavy atom. The Kier molecular flexibility index (Phi) is 8.06. The number of sulfonamides is 1. The summed E-state index contributed by atoms with van der Waals surface area (Å²) in [6.45, 7) is 2.65. The van der Waals surface area contributed by atoms with Gasteiger partial charge in [-0.25, -0.2) is 13.1 Å². The minimum Gasteiger partial charge on any atom is -0.494 e. The van der Waals surface area contributed by atoms with Crippen LogP contribution in [0.5, 0.6) is 5.75 Å². The third kappa shape index (κ3) is 6.56. The summed E-state index contributed by atoms with van der Waals surface area (Å²) in [5.74, 6) is 0.595. The largest absolute Gasteiger partial charge is 0.494 e. The Morgan fingerprint density at radius 3 is 2.46 bits per heavy atom. The summed E-state index contributed by atoms with van der Waals surface area (Å²) < 4.78 is 40.7. The van der Waals surface area contributed by atoms with Crippen LogP contribution < -0.4 is 30.7 Å². The Balaban J connectivity index is 1.59. The molecule has 0 amide bonds. The minimum absolute atomic E-state index is 0.0862. The second kappa shape index (κ2) is 11.7. The van der Waals surface area contributed by atoms with Crippen molar-refractivity contribution >= 4 is 50.3 Å². The predicted octanol–water partition coefficient (Wildman–Crippen LogP) is 3.13. The molecular formula is C26H29ClN8O5S. The zero-order valence-corrected chi connectivity index (χ0v) is 24.2. The van der Waals surface area contributed by atoms with Gasteiger partial charge in [0, 0.05) is 49.2 Å². The van der Waals surface area contributed by atoms with Gasteiger partial charge >= 0.3 is 0 Å². The Bertz CT molecular complexity index is 1730. The normalized spacial score (nSPS) is 13.6. The van der Waals surface area contributed by atoms with E-state index in [2.05, 4.69) is 30.4 Å². The van der Waals surface area contributed by atoms with E-state index in [9.17, 15) is 13.2 Å². The molecule has 41 heavy (non-hydrogen) atoms. The Labute approximate surface area is 241 Å². The maximum Gasteiger partial charge on any atom is 0.293 e. The van der Waals surface area contributed by atoms with Crippen molar-refractivity contribution in [2.75, 3.05) is 60.0 Å². The van der Waals surface area contributed by atoms with Gasteiger partial charge in [-0.05, 0) is 18.2 Å². The van der Waals surface area contributed by atoms with Crippen molar-refractivity contribution in [1.82, 2.24) is 19.4 Å². The molecule has 0 unspecified atom stereocenters. The van der Waals surface area contributed by atoms with E-state index in [0.717, 1.165) is 23.1 Å². The standard InChI is InChI=1S/C26H29ClN8O5S/c1-33-15-17(14-28-33)18-12-22(24(39-2)13-23(18)34-8-10-40-11-9-34)29-26-30-25(36)19(27)16-35(26)31-20-6-4-5-7-21(20)32-41(3,37)38/h4-7,12-16,31-32H,8-11H2,1-3H3,(H,29,30,36). The van der Waals surface area contributed by atoms with Crippen LogP contribution in [-0.4, -0.2) is 67.5 Å². The number of para-hydroxylation sites is 2. The van der Waals surface area contributed by atoms with Crippen LogP contribution in [0.3, 0.4) is 0 Å². The lowest BCUT2D eigenvalue weighted by Gasteiger charge is -2.31. The zero-order valence-electron chi connectivity index (χ0n) is 22.6. The average Bonchev–Trinajstić information content (AvgIpc) is 3.38. The molecule has 1 fully saturated rings. The van der Waals surface area contributed by atoms with Crippen molar-refractivity contribution in [1.29, 1.82) is 0 Å². The third-order valence-electron chi connectivity index (χ3n) is 6.28. The summed E-state index contributed by atoms with van der Waals surface area (Å²) in [6, 6.07) is 10.5. The first-order valence-corrected chi connectivity index (χ1v) is 14.8.